The maximum atomic E-state index is 13.0. The van der Waals surface area contributed by atoms with E-state index in [0.717, 1.165) is 42.9 Å². The van der Waals surface area contributed by atoms with E-state index in [-0.39, 0.29) is 11.8 Å². The van der Waals surface area contributed by atoms with Gasteiger partial charge in [-0.25, -0.2) is 0 Å². The molecule has 2 aromatic rings. The van der Waals surface area contributed by atoms with Crippen molar-refractivity contribution in [1.29, 1.82) is 0 Å². The smallest absolute Gasteiger partial charge is 0.227 e. The highest BCUT2D eigenvalue weighted by molar-refractivity contribution is 5.80. The normalized spacial score (nSPS) is 20.1. The Kier molecular flexibility index (Phi) is 5.56. The minimum Gasteiger partial charge on any atom is -0.496 e. The number of fused-ring (bicyclic) bond motifs is 3. The Morgan fingerprint density at radius 3 is 2.90 bits per heavy atom. The summed E-state index contributed by atoms with van der Waals surface area (Å²) in [4.78, 5) is 26.0. The number of hydrogen-bond donors (Lipinski definition) is 1. The number of rotatable bonds is 6. The van der Waals surface area contributed by atoms with Gasteiger partial charge in [-0.1, -0.05) is 18.2 Å². The minimum atomic E-state index is -0.0259. The summed E-state index contributed by atoms with van der Waals surface area (Å²) in [5.74, 6) is 1.67. The zero-order valence-corrected chi connectivity index (χ0v) is 17.1. The van der Waals surface area contributed by atoms with Crippen molar-refractivity contribution in [1.82, 2.24) is 20.0 Å². The van der Waals surface area contributed by atoms with Crippen LogP contribution in [-0.2, 0) is 29.0 Å². The third-order valence-corrected chi connectivity index (χ3v) is 6.05. The quantitative estimate of drug-likeness (QED) is 0.807. The lowest BCUT2D eigenvalue weighted by molar-refractivity contribution is -0.129. The molecule has 2 atom stereocenters. The second-order valence-electron chi connectivity index (χ2n) is 7.98. The van der Waals surface area contributed by atoms with Crippen LogP contribution in [0, 0.1) is 5.92 Å². The SMILES string of the molecule is COc1ccccc1CC(=O)N1C[C@H]2CCc3cn(CCNC(C)=O)nc3[C@H]2C1. The van der Waals surface area contributed by atoms with Gasteiger partial charge in [0.05, 0.1) is 25.8 Å². The maximum absolute atomic E-state index is 13.0. The first-order valence-corrected chi connectivity index (χ1v) is 10.3. The van der Waals surface area contributed by atoms with Crippen LogP contribution in [0.25, 0.3) is 0 Å². The molecule has 1 saturated heterocycles. The second kappa shape index (κ2) is 8.27. The molecular formula is C22H28N4O3. The number of nitrogens with one attached hydrogen (secondary N) is 1. The highest BCUT2D eigenvalue weighted by atomic mass is 16.5. The zero-order valence-electron chi connectivity index (χ0n) is 17.1. The van der Waals surface area contributed by atoms with Gasteiger partial charge in [0, 0.05) is 44.2 Å². The van der Waals surface area contributed by atoms with Crippen LogP contribution in [0.1, 0.15) is 36.1 Å². The molecule has 2 aliphatic rings. The third kappa shape index (κ3) is 4.13. The Labute approximate surface area is 171 Å². The van der Waals surface area contributed by atoms with Crippen molar-refractivity contribution in [3.8, 4) is 5.75 Å². The molecule has 29 heavy (non-hydrogen) atoms. The zero-order chi connectivity index (χ0) is 20.4. The largest absolute Gasteiger partial charge is 0.496 e. The molecule has 1 aliphatic carbocycles. The number of amides is 2. The molecule has 1 aromatic heterocycles. The van der Waals surface area contributed by atoms with E-state index in [1.54, 1.807) is 7.11 Å². The van der Waals surface area contributed by atoms with Crippen LogP contribution in [0.3, 0.4) is 0 Å². The van der Waals surface area contributed by atoms with Gasteiger partial charge in [0.25, 0.3) is 0 Å². The van der Waals surface area contributed by atoms with Crippen LogP contribution < -0.4 is 10.1 Å². The molecule has 0 saturated carbocycles. The van der Waals surface area contributed by atoms with Crippen LogP contribution in [0.15, 0.2) is 30.5 Å². The minimum absolute atomic E-state index is 0.0259. The molecule has 2 amide bonds. The second-order valence-corrected chi connectivity index (χ2v) is 7.98. The van der Waals surface area contributed by atoms with Crippen molar-refractivity contribution in [3.63, 3.8) is 0 Å². The van der Waals surface area contributed by atoms with Crippen LogP contribution in [-0.4, -0.2) is 53.2 Å². The van der Waals surface area contributed by atoms with Gasteiger partial charge >= 0.3 is 0 Å². The number of carbonyl (C=O) groups excluding carboxylic acids is 2. The van der Waals surface area contributed by atoms with Gasteiger partial charge in [0.1, 0.15) is 5.75 Å². The molecule has 0 radical (unpaired) electrons. The summed E-state index contributed by atoms with van der Waals surface area (Å²) in [5.41, 5.74) is 3.35. The van der Waals surface area contributed by atoms with E-state index in [9.17, 15) is 9.59 Å². The van der Waals surface area contributed by atoms with E-state index in [0.29, 0.717) is 31.3 Å². The number of ether oxygens (including phenoxy) is 1. The summed E-state index contributed by atoms with van der Waals surface area (Å²) in [5, 5.41) is 7.62. The topological polar surface area (TPSA) is 76.5 Å². The van der Waals surface area contributed by atoms with Crippen molar-refractivity contribution in [2.45, 2.75) is 38.6 Å². The molecule has 0 spiro atoms. The van der Waals surface area contributed by atoms with E-state index in [4.69, 9.17) is 9.84 Å². The Bertz CT molecular complexity index is 907. The number of hydrogen-bond acceptors (Lipinski definition) is 4. The fourth-order valence-electron chi connectivity index (χ4n) is 4.59. The highest BCUT2D eigenvalue weighted by Crippen LogP contribution is 2.40. The molecule has 7 nitrogen and oxygen atoms in total. The molecule has 1 fully saturated rings. The molecule has 2 heterocycles. The Balaban J connectivity index is 1.42. The number of aromatic nitrogens is 2. The van der Waals surface area contributed by atoms with Gasteiger partial charge < -0.3 is 15.0 Å². The van der Waals surface area contributed by atoms with Crippen molar-refractivity contribution in [2.75, 3.05) is 26.7 Å². The first-order chi connectivity index (χ1) is 14.0. The molecular weight excluding hydrogens is 368 g/mol. The van der Waals surface area contributed by atoms with E-state index in [1.807, 2.05) is 33.8 Å². The number of nitrogens with zero attached hydrogens (tertiary/aromatic N) is 3. The Morgan fingerprint density at radius 2 is 2.10 bits per heavy atom. The standard InChI is InChI=1S/C22H28N4O3/c1-15(27)23-9-10-26-13-18-8-7-17-12-25(14-19(17)22(18)24-26)21(28)11-16-5-3-4-6-20(16)29-2/h3-6,13,17,19H,7-12,14H2,1-2H3,(H,23,27)/t17-,19+/m1/s1. The van der Waals surface area contributed by atoms with Gasteiger partial charge in [-0.05, 0) is 30.4 Å². The lowest BCUT2D eigenvalue weighted by Gasteiger charge is -2.22. The van der Waals surface area contributed by atoms with Crippen LogP contribution in [0.5, 0.6) is 5.75 Å². The van der Waals surface area contributed by atoms with Gasteiger partial charge in [0.15, 0.2) is 0 Å². The third-order valence-electron chi connectivity index (χ3n) is 6.05. The summed E-state index contributed by atoms with van der Waals surface area (Å²) in [6, 6.07) is 7.71. The fourth-order valence-corrected chi connectivity index (χ4v) is 4.59. The van der Waals surface area contributed by atoms with Gasteiger partial charge in [0.2, 0.25) is 11.8 Å². The molecule has 1 aromatic carbocycles. The Morgan fingerprint density at radius 1 is 1.28 bits per heavy atom. The van der Waals surface area contributed by atoms with Gasteiger partial charge in [-0.3, -0.25) is 14.3 Å². The lowest BCUT2D eigenvalue weighted by Crippen LogP contribution is -2.30. The number of para-hydroxylation sites is 1. The number of benzene rings is 1. The van der Waals surface area contributed by atoms with Crippen LogP contribution in [0.2, 0.25) is 0 Å². The van der Waals surface area contributed by atoms with Crippen molar-refractivity contribution < 1.29 is 14.3 Å². The average Bonchev–Trinajstić information content (AvgIpc) is 3.31. The van der Waals surface area contributed by atoms with E-state index in [1.165, 1.54) is 12.5 Å². The number of methoxy groups -OCH3 is 1. The fraction of sp³-hybridized carbons (Fsp3) is 0.500. The van der Waals surface area contributed by atoms with E-state index >= 15 is 0 Å². The van der Waals surface area contributed by atoms with Crippen LogP contribution >= 0.6 is 0 Å². The summed E-state index contributed by atoms with van der Waals surface area (Å²) in [6.45, 7) is 4.30. The number of aryl methyl sites for hydroxylation is 1. The molecule has 0 unspecified atom stereocenters. The monoisotopic (exact) mass is 396 g/mol. The molecule has 1 aliphatic heterocycles. The predicted molar refractivity (Wildman–Crippen MR) is 109 cm³/mol. The summed E-state index contributed by atoms with van der Waals surface area (Å²) in [7, 11) is 1.64. The molecule has 7 heteroatoms. The van der Waals surface area contributed by atoms with Gasteiger partial charge in [-0.2, -0.15) is 5.10 Å². The summed E-state index contributed by atoms with van der Waals surface area (Å²) in [6.07, 6.45) is 4.56. The Hall–Kier alpha value is -2.83. The van der Waals surface area contributed by atoms with E-state index in [2.05, 4.69) is 11.5 Å². The number of likely N-dealkylation sites (tertiary alicyclic amines) is 1. The molecule has 0 bridgehead atoms. The van der Waals surface area contributed by atoms with Crippen LogP contribution in [0.4, 0.5) is 0 Å². The molecule has 154 valence electrons. The highest BCUT2D eigenvalue weighted by Gasteiger charge is 2.41. The summed E-state index contributed by atoms with van der Waals surface area (Å²) < 4.78 is 7.32. The van der Waals surface area contributed by atoms with Crippen molar-refractivity contribution in [3.05, 3.63) is 47.3 Å². The van der Waals surface area contributed by atoms with Crippen molar-refractivity contribution >= 4 is 11.8 Å². The first-order valence-electron chi connectivity index (χ1n) is 10.3. The predicted octanol–water partition coefficient (Wildman–Crippen LogP) is 1.76. The summed E-state index contributed by atoms with van der Waals surface area (Å²) >= 11 is 0. The first kappa shape index (κ1) is 19.5. The van der Waals surface area contributed by atoms with Crippen molar-refractivity contribution in [2.24, 2.45) is 5.92 Å². The average molecular weight is 396 g/mol. The van der Waals surface area contributed by atoms with Gasteiger partial charge in [-0.15, -0.1) is 0 Å². The maximum Gasteiger partial charge on any atom is 0.227 e. The van der Waals surface area contributed by atoms with E-state index < -0.39 is 0 Å². The number of carbonyl (C=O) groups is 2. The molecule has 4 rings (SSSR count). The lowest BCUT2D eigenvalue weighted by atomic mass is 9.81. The molecule has 1 N–H and O–H groups in total.